The van der Waals surface area contributed by atoms with E-state index in [4.69, 9.17) is 0 Å². The molecule has 136 valence electrons. The highest BCUT2D eigenvalue weighted by Gasteiger charge is 2.56. The third-order valence-corrected chi connectivity index (χ3v) is 5.70. The lowest BCUT2D eigenvalue weighted by Gasteiger charge is -2.37. The first-order valence-corrected chi connectivity index (χ1v) is 9.23. The van der Waals surface area contributed by atoms with Gasteiger partial charge in [0.2, 0.25) is 0 Å². The fourth-order valence-corrected chi connectivity index (χ4v) is 4.62. The van der Waals surface area contributed by atoms with Crippen molar-refractivity contribution in [2.24, 2.45) is 5.41 Å². The first kappa shape index (κ1) is 16.1. The van der Waals surface area contributed by atoms with Crippen LogP contribution in [0.25, 0.3) is 0 Å². The number of carbonyl (C=O) groups is 2. The van der Waals surface area contributed by atoms with E-state index in [9.17, 15) is 9.59 Å². The van der Waals surface area contributed by atoms with Crippen molar-refractivity contribution in [2.45, 2.75) is 32.2 Å². The lowest BCUT2D eigenvalue weighted by molar-refractivity contribution is -0.123. The zero-order valence-corrected chi connectivity index (χ0v) is 15.3. The van der Waals surface area contributed by atoms with Crippen LogP contribution in [0.15, 0.2) is 59.8 Å². The van der Waals surface area contributed by atoms with Crippen molar-refractivity contribution in [1.29, 1.82) is 0 Å². The highest BCUT2D eigenvalue weighted by atomic mass is 16.2. The van der Waals surface area contributed by atoms with Crippen LogP contribution in [0.3, 0.4) is 0 Å². The fraction of sp³-hybridized carbons (Fsp3) is 0.273. The number of carbonyl (C=O) groups excluding carboxylic acids is 2. The average molecular weight is 359 g/mol. The number of nitrogens with one attached hydrogen (secondary N) is 3. The van der Waals surface area contributed by atoms with E-state index < -0.39 is 5.54 Å². The van der Waals surface area contributed by atoms with Crippen LogP contribution < -0.4 is 16.0 Å². The maximum atomic E-state index is 13.3. The van der Waals surface area contributed by atoms with Gasteiger partial charge in [0.05, 0.1) is 16.9 Å². The summed E-state index contributed by atoms with van der Waals surface area (Å²) in [5, 5.41) is 9.89. The van der Waals surface area contributed by atoms with Crippen LogP contribution in [0, 0.1) is 5.41 Å². The van der Waals surface area contributed by atoms with Crippen LogP contribution in [-0.2, 0) is 15.1 Å². The van der Waals surface area contributed by atoms with Crippen molar-refractivity contribution in [3.05, 3.63) is 65.4 Å². The molecule has 5 heteroatoms. The van der Waals surface area contributed by atoms with Crippen molar-refractivity contribution >= 4 is 28.8 Å². The van der Waals surface area contributed by atoms with Crippen LogP contribution in [-0.4, -0.2) is 11.7 Å². The van der Waals surface area contributed by atoms with Gasteiger partial charge in [0, 0.05) is 23.4 Å². The number of hydrogen-bond donors (Lipinski definition) is 3. The summed E-state index contributed by atoms with van der Waals surface area (Å²) < 4.78 is 0. The topological polar surface area (TPSA) is 70.2 Å². The molecule has 2 aromatic rings. The lowest BCUT2D eigenvalue weighted by Crippen LogP contribution is -2.48. The van der Waals surface area contributed by atoms with Gasteiger partial charge >= 0.3 is 0 Å². The minimum atomic E-state index is -1.21. The summed E-state index contributed by atoms with van der Waals surface area (Å²) in [5.74, 6) is -0.191. The molecule has 2 aliphatic heterocycles. The number of rotatable bonds is 0. The molecule has 0 fully saturated rings. The minimum Gasteiger partial charge on any atom is -0.362 e. The highest BCUT2D eigenvalue weighted by molar-refractivity contribution is 6.18. The summed E-state index contributed by atoms with van der Waals surface area (Å²) >= 11 is 0. The van der Waals surface area contributed by atoms with Gasteiger partial charge in [-0.3, -0.25) is 9.59 Å². The van der Waals surface area contributed by atoms with Crippen LogP contribution in [0.4, 0.5) is 17.1 Å². The number of hydrogen-bond acceptors (Lipinski definition) is 4. The molecular weight excluding hydrogens is 338 g/mol. The van der Waals surface area contributed by atoms with Crippen molar-refractivity contribution in [3.8, 4) is 0 Å². The summed E-state index contributed by atoms with van der Waals surface area (Å²) in [4.78, 5) is 26.7. The number of anilines is 3. The summed E-state index contributed by atoms with van der Waals surface area (Å²) in [6, 6.07) is 15.4. The molecule has 5 nitrogen and oxygen atoms in total. The molecule has 1 atom stereocenters. The van der Waals surface area contributed by atoms with Gasteiger partial charge in [-0.2, -0.15) is 0 Å². The van der Waals surface area contributed by atoms with E-state index in [-0.39, 0.29) is 17.1 Å². The van der Waals surface area contributed by atoms with E-state index in [0.29, 0.717) is 18.4 Å². The Labute approximate surface area is 157 Å². The molecule has 5 rings (SSSR count). The van der Waals surface area contributed by atoms with E-state index in [1.807, 2.05) is 48.5 Å². The Bertz CT molecular complexity index is 1040. The third kappa shape index (κ3) is 2.17. The minimum absolute atomic E-state index is 0.0147. The van der Waals surface area contributed by atoms with Gasteiger partial charge in [0.15, 0.2) is 11.3 Å². The standard InChI is InChI=1S/C22H21N3O2/c1-21(2)11-17-19(18(26)12-21)22(25-16-10-6-5-9-15(16)23-17)13-7-3-4-8-14(13)24-20(22)27/h3-10,23,25H,11-12H2,1-2H3,(H,24,27). The number of benzene rings is 2. The zero-order valence-electron chi connectivity index (χ0n) is 15.3. The van der Waals surface area contributed by atoms with Crippen LogP contribution >= 0.6 is 0 Å². The van der Waals surface area contributed by atoms with Crippen molar-refractivity contribution in [2.75, 3.05) is 16.0 Å². The van der Waals surface area contributed by atoms with Crippen LogP contribution in [0.2, 0.25) is 0 Å². The SMILES string of the molecule is CC1(C)CC(=O)C2=C(C1)Nc1ccccc1NC21C(=O)Nc2ccccc21. The summed E-state index contributed by atoms with van der Waals surface area (Å²) in [5.41, 5.74) is 3.25. The molecule has 0 bridgehead atoms. The molecular formula is C22H21N3O2. The number of fused-ring (bicyclic) bond motifs is 4. The Hall–Kier alpha value is -3.08. The zero-order chi connectivity index (χ0) is 18.8. The summed E-state index contributed by atoms with van der Waals surface area (Å²) in [6.45, 7) is 4.19. The van der Waals surface area contributed by atoms with Gasteiger partial charge in [-0.05, 0) is 30.0 Å². The Morgan fingerprint density at radius 2 is 1.48 bits per heavy atom. The monoisotopic (exact) mass is 359 g/mol. The number of ketones is 1. The predicted molar refractivity (Wildman–Crippen MR) is 105 cm³/mol. The fourth-order valence-electron chi connectivity index (χ4n) is 4.62. The molecule has 0 saturated carbocycles. The van der Waals surface area contributed by atoms with E-state index in [1.165, 1.54) is 0 Å². The van der Waals surface area contributed by atoms with E-state index >= 15 is 0 Å². The molecule has 2 heterocycles. The largest absolute Gasteiger partial charge is 0.362 e. The smallest absolute Gasteiger partial charge is 0.259 e. The van der Waals surface area contributed by atoms with E-state index in [0.717, 1.165) is 28.3 Å². The molecule has 2 aromatic carbocycles. The molecule has 27 heavy (non-hydrogen) atoms. The summed E-state index contributed by atoms with van der Waals surface area (Å²) in [6.07, 6.45) is 1.13. The van der Waals surface area contributed by atoms with Gasteiger partial charge in [-0.15, -0.1) is 0 Å². The van der Waals surface area contributed by atoms with Crippen molar-refractivity contribution in [1.82, 2.24) is 0 Å². The second-order valence-electron chi connectivity index (χ2n) is 8.34. The van der Waals surface area contributed by atoms with E-state index in [2.05, 4.69) is 29.8 Å². The molecule has 1 spiro atoms. The van der Waals surface area contributed by atoms with Crippen LogP contribution in [0.1, 0.15) is 32.3 Å². The van der Waals surface area contributed by atoms with Gasteiger partial charge < -0.3 is 16.0 Å². The number of para-hydroxylation sites is 3. The quantitative estimate of drug-likeness (QED) is 0.665. The molecule has 0 saturated heterocycles. The molecule has 1 unspecified atom stereocenters. The molecule has 3 N–H and O–H groups in total. The van der Waals surface area contributed by atoms with Crippen LogP contribution in [0.5, 0.6) is 0 Å². The predicted octanol–water partition coefficient (Wildman–Crippen LogP) is 4.01. The lowest BCUT2D eigenvalue weighted by atomic mass is 9.69. The highest BCUT2D eigenvalue weighted by Crippen LogP contribution is 2.51. The normalized spacial score (nSPS) is 25.0. The molecule has 0 radical (unpaired) electrons. The van der Waals surface area contributed by atoms with Gasteiger partial charge in [-0.1, -0.05) is 44.2 Å². The van der Waals surface area contributed by atoms with Gasteiger partial charge in [0.25, 0.3) is 5.91 Å². The summed E-state index contributed by atoms with van der Waals surface area (Å²) in [7, 11) is 0. The number of amides is 1. The molecule has 1 aliphatic carbocycles. The second kappa shape index (κ2) is 5.22. The van der Waals surface area contributed by atoms with Crippen molar-refractivity contribution < 1.29 is 9.59 Å². The van der Waals surface area contributed by atoms with Gasteiger partial charge in [-0.25, -0.2) is 0 Å². The Kier molecular flexibility index (Phi) is 3.12. The Balaban J connectivity index is 1.84. The average Bonchev–Trinajstić information content (AvgIpc) is 2.78. The molecule has 1 amide bonds. The van der Waals surface area contributed by atoms with E-state index in [1.54, 1.807) is 0 Å². The first-order chi connectivity index (χ1) is 12.9. The second-order valence-corrected chi connectivity index (χ2v) is 8.34. The van der Waals surface area contributed by atoms with Gasteiger partial charge in [0.1, 0.15) is 0 Å². The maximum Gasteiger partial charge on any atom is 0.259 e. The maximum absolute atomic E-state index is 13.3. The first-order valence-electron chi connectivity index (χ1n) is 9.23. The van der Waals surface area contributed by atoms with Crippen molar-refractivity contribution in [3.63, 3.8) is 0 Å². The molecule has 0 aromatic heterocycles. The Morgan fingerprint density at radius 3 is 2.26 bits per heavy atom. The Morgan fingerprint density at radius 1 is 0.815 bits per heavy atom. The number of Topliss-reactive ketones (excluding diaryl/α,β-unsaturated/α-hetero) is 1. The molecule has 3 aliphatic rings. The third-order valence-electron chi connectivity index (χ3n) is 5.70. The number of allylic oxidation sites excluding steroid dienone is 1.